The van der Waals surface area contributed by atoms with E-state index in [4.69, 9.17) is 4.74 Å². The van der Waals surface area contributed by atoms with Crippen LogP contribution in [0.1, 0.15) is 26.9 Å². The first-order valence-electron chi connectivity index (χ1n) is 8.87. The van der Waals surface area contributed by atoms with E-state index in [0.717, 1.165) is 21.3 Å². The number of aryl methyl sites for hydroxylation is 1. The number of benzene rings is 2. The molecule has 2 heterocycles. The van der Waals surface area contributed by atoms with E-state index >= 15 is 0 Å². The fourth-order valence-corrected chi connectivity index (χ4v) is 4.25. The molecule has 0 aliphatic carbocycles. The van der Waals surface area contributed by atoms with Crippen LogP contribution in [0.5, 0.6) is 0 Å². The van der Waals surface area contributed by atoms with Gasteiger partial charge >= 0.3 is 5.97 Å². The number of nitrogens with zero attached hydrogens (tertiary/aromatic N) is 2. The Morgan fingerprint density at radius 3 is 2.69 bits per heavy atom. The minimum atomic E-state index is -0.465. The number of thioether (sulfide) groups is 1. The zero-order valence-electron chi connectivity index (χ0n) is 15.5. The lowest BCUT2D eigenvalue weighted by Gasteiger charge is -2.06. The second kappa shape index (κ2) is 8.59. The number of aromatic amines is 1. The Bertz CT molecular complexity index is 1220. The topological polar surface area (TPSA) is 84.9 Å². The standard InChI is InChI=1S/C21H17N3O3S2/c1-13-22-15(11-28-13)12-29-16-8-6-14(7-9-16)21(26)27-10-19-23-18-5-3-2-4-17(18)20(25)24-19/h2-9,11H,10,12H2,1H3,(H,23,24,25). The second-order valence-corrected chi connectivity index (χ2v) is 8.39. The van der Waals surface area contributed by atoms with Crippen LogP contribution in [0, 0.1) is 6.92 Å². The number of aromatic nitrogens is 3. The lowest BCUT2D eigenvalue weighted by Crippen LogP contribution is -2.14. The van der Waals surface area contributed by atoms with E-state index in [2.05, 4.69) is 20.3 Å². The number of fused-ring (bicyclic) bond motifs is 1. The van der Waals surface area contributed by atoms with Crippen LogP contribution < -0.4 is 5.56 Å². The van der Waals surface area contributed by atoms with E-state index in [1.807, 2.05) is 19.1 Å². The largest absolute Gasteiger partial charge is 0.454 e. The summed E-state index contributed by atoms with van der Waals surface area (Å²) in [6.07, 6.45) is 0. The number of nitrogens with one attached hydrogen (secondary N) is 1. The van der Waals surface area contributed by atoms with Crippen molar-refractivity contribution in [1.29, 1.82) is 0 Å². The summed E-state index contributed by atoms with van der Waals surface area (Å²) in [5.41, 5.74) is 1.82. The van der Waals surface area contributed by atoms with Gasteiger partial charge in [0.2, 0.25) is 0 Å². The molecule has 4 rings (SSSR count). The van der Waals surface area contributed by atoms with Crippen molar-refractivity contribution in [2.75, 3.05) is 0 Å². The maximum Gasteiger partial charge on any atom is 0.338 e. The van der Waals surface area contributed by atoms with E-state index in [-0.39, 0.29) is 12.2 Å². The summed E-state index contributed by atoms with van der Waals surface area (Å²) in [6.45, 7) is 1.89. The van der Waals surface area contributed by atoms with Gasteiger partial charge in [-0.25, -0.2) is 14.8 Å². The van der Waals surface area contributed by atoms with Gasteiger partial charge in [0.05, 0.1) is 27.2 Å². The second-order valence-electron chi connectivity index (χ2n) is 6.28. The number of H-pyrrole nitrogens is 1. The first-order chi connectivity index (χ1) is 14.1. The molecule has 0 spiro atoms. The van der Waals surface area contributed by atoms with Crippen molar-refractivity contribution in [3.8, 4) is 0 Å². The number of esters is 1. The molecule has 0 fully saturated rings. The van der Waals surface area contributed by atoms with E-state index in [9.17, 15) is 9.59 Å². The molecule has 0 saturated carbocycles. The summed E-state index contributed by atoms with van der Waals surface area (Å²) in [5, 5.41) is 3.61. The molecule has 0 aliphatic heterocycles. The molecule has 6 nitrogen and oxygen atoms in total. The van der Waals surface area contributed by atoms with E-state index in [1.54, 1.807) is 59.5 Å². The number of carbonyl (C=O) groups excluding carboxylic acids is 1. The Kier molecular flexibility index (Phi) is 5.73. The first kappa shape index (κ1) is 19.4. The number of carbonyl (C=O) groups is 1. The Morgan fingerprint density at radius 1 is 1.14 bits per heavy atom. The average molecular weight is 424 g/mol. The van der Waals surface area contributed by atoms with Gasteiger partial charge in [-0.05, 0) is 43.3 Å². The van der Waals surface area contributed by atoms with E-state index in [0.29, 0.717) is 22.3 Å². The highest BCUT2D eigenvalue weighted by molar-refractivity contribution is 7.98. The van der Waals surface area contributed by atoms with Crippen molar-refractivity contribution >= 4 is 40.0 Å². The van der Waals surface area contributed by atoms with Crippen LogP contribution in [0.3, 0.4) is 0 Å². The van der Waals surface area contributed by atoms with Gasteiger partial charge in [-0.3, -0.25) is 4.79 Å². The maximum atomic E-state index is 12.3. The summed E-state index contributed by atoms with van der Waals surface area (Å²) in [4.78, 5) is 36.8. The van der Waals surface area contributed by atoms with Gasteiger partial charge in [0.15, 0.2) is 0 Å². The van der Waals surface area contributed by atoms with Gasteiger partial charge in [0.1, 0.15) is 12.4 Å². The van der Waals surface area contributed by atoms with E-state index in [1.165, 1.54) is 0 Å². The Morgan fingerprint density at radius 2 is 1.93 bits per heavy atom. The maximum absolute atomic E-state index is 12.3. The van der Waals surface area contributed by atoms with Gasteiger partial charge in [-0.15, -0.1) is 23.1 Å². The van der Waals surface area contributed by atoms with Crippen molar-refractivity contribution in [1.82, 2.24) is 15.0 Å². The number of hydrogen-bond donors (Lipinski definition) is 1. The summed E-state index contributed by atoms with van der Waals surface area (Å²) in [5.74, 6) is 0.634. The Hall–Kier alpha value is -2.97. The normalized spacial score (nSPS) is 10.9. The van der Waals surface area contributed by atoms with Crippen molar-refractivity contribution < 1.29 is 9.53 Å². The van der Waals surface area contributed by atoms with Crippen LogP contribution in [0.25, 0.3) is 10.9 Å². The molecule has 146 valence electrons. The SMILES string of the molecule is Cc1nc(CSc2ccc(C(=O)OCc3nc4ccccc4c(=O)[nH]3)cc2)cs1. The number of para-hydroxylation sites is 1. The van der Waals surface area contributed by atoms with Crippen molar-refractivity contribution in [2.24, 2.45) is 0 Å². The van der Waals surface area contributed by atoms with Crippen molar-refractivity contribution in [3.05, 3.63) is 86.4 Å². The smallest absolute Gasteiger partial charge is 0.338 e. The number of hydrogen-bond acceptors (Lipinski definition) is 7. The quantitative estimate of drug-likeness (QED) is 0.367. The highest BCUT2D eigenvalue weighted by Gasteiger charge is 2.10. The molecule has 0 atom stereocenters. The summed E-state index contributed by atoms with van der Waals surface area (Å²) < 4.78 is 5.30. The fourth-order valence-electron chi connectivity index (χ4n) is 2.74. The zero-order chi connectivity index (χ0) is 20.2. The molecular weight excluding hydrogens is 406 g/mol. The first-order valence-corrected chi connectivity index (χ1v) is 10.7. The number of rotatable bonds is 6. The number of ether oxygens (including phenoxy) is 1. The van der Waals surface area contributed by atoms with Crippen LogP contribution in [0.2, 0.25) is 0 Å². The van der Waals surface area contributed by atoms with Gasteiger partial charge in [-0.1, -0.05) is 12.1 Å². The molecule has 0 aliphatic rings. The highest BCUT2D eigenvalue weighted by atomic mass is 32.2. The molecule has 1 N–H and O–H groups in total. The summed E-state index contributed by atoms with van der Waals surface area (Å²) in [6, 6.07) is 14.3. The summed E-state index contributed by atoms with van der Waals surface area (Å²) in [7, 11) is 0. The third-order valence-electron chi connectivity index (χ3n) is 4.15. The molecule has 0 amide bonds. The average Bonchev–Trinajstić information content (AvgIpc) is 3.16. The third kappa shape index (κ3) is 4.72. The molecule has 4 aromatic rings. The fraction of sp³-hybridized carbons (Fsp3) is 0.143. The van der Waals surface area contributed by atoms with Gasteiger partial charge in [0, 0.05) is 16.0 Å². The molecule has 29 heavy (non-hydrogen) atoms. The van der Waals surface area contributed by atoms with E-state index < -0.39 is 5.97 Å². The minimum absolute atomic E-state index is 0.0986. The Balaban J connectivity index is 1.36. The molecule has 2 aromatic carbocycles. The van der Waals surface area contributed by atoms with Gasteiger partial charge in [-0.2, -0.15) is 0 Å². The third-order valence-corrected chi connectivity index (χ3v) is 6.01. The lowest BCUT2D eigenvalue weighted by atomic mass is 10.2. The monoisotopic (exact) mass is 423 g/mol. The molecular formula is C21H17N3O3S2. The molecule has 0 unspecified atom stereocenters. The van der Waals surface area contributed by atoms with Crippen LogP contribution in [0.15, 0.2) is 63.6 Å². The molecule has 2 aromatic heterocycles. The predicted molar refractivity (Wildman–Crippen MR) is 114 cm³/mol. The lowest BCUT2D eigenvalue weighted by molar-refractivity contribution is 0.0462. The predicted octanol–water partition coefficient (Wildman–Crippen LogP) is 4.34. The minimum Gasteiger partial charge on any atom is -0.454 e. The summed E-state index contributed by atoms with van der Waals surface area (Å²) >= 11 is 3.30. The molecule has 8 heteroatoms. The van der Waals surface area contributed by atoms with Crippen LogP contribution in [-0.2, 0) is 17.1 Å². The molecule has 0 radical (unpaired) electrons. The van der Waals surface area contributed by atoms with Crippen LogP contribution in [-0.4, -0.2) is 20.9 Å². The van der Waals surface area contributed by atoms with Crippen molar-refractivity contribution in [2.45, 2.75) is 24.2 Å². The van der Waals surface area contributed by atoms with Crippen LogP contribution >= 0.6 is 23.1 Å². The Labute approximate surface area is 175 Å². The van der Waals surface area contributed by atoms with Crippen LogP contribution in [0.4, 0.5) is 0 Å². The number of thiazole rings is 1. The van der Waals surface area contributed by atoms with Gasteiger partial charge < -0.3 is 9.72 Å². The molecule has 0 bridgehead atoms. The zero-order valence-corrected chi connectivity index (χ0v) is 17.2. The molecule has 0 saturated heterocycles. The van der Waals surface area contributed by atoms with Crippen molar-refractivity contribution in [3.63, 3.8) is 0 Å². The highest BCUT2D eigenvalue weighted by Crippen LogP contribution is 2.24. The van der Waals surface area contributed by atoms with Gasteiger partial charge in [0.25, 0.3) is 5.56 Å².